The SMILES string of the molecule is Cc1nnc(C=CCN2CCN(c3ccccc3)CC2)n1-c1ccccc1. The Labute approximate surface area is 160 Å². The summed E-state index contributed by atoms with van der Waals surface area (Å²) in [6.45, 7) is 7.20. The Hall–Kier alpha value is -2.92. The molecule has 0 spiro atoms. The molecule has 3 aromatic rings. The van der Waals surface area contributed by atoms with Gasteiger partial charge in [-0.15, -0.1) is 10.2 Å². The molecule has 1 aliphatic heterocycles. The van der Waals surface area contributed by atoms with Crippen molar-refractivity contribution in [1.29, 1.82) is 0 Å². The van der Waals surface area contributed by atoms with Crippen LogP contribution in [0, 0.1) is 6.92 Å². The summed E-state index contributed by atoms with van der Waals surface area (Å²) >= 11 is 0. The van der Waals surface area contributed by atoms with E-state index >= 15 is 0 Å². The van der Waals surface area contributed by atoms with Crippen molar-refractivity contribution in [2.45, 2.75) is 6.92 Å². The van der Waals surface area contributed by atoms with Crippen molar-refractivity contribution >= 4 is 11.8 Å². The van der Waals surface area contributed by atoms with Crippen LogP contribution in [0.2, 0.25) is 0 Å². The molecule has 0 unspecified atom stereocenters. The lowest BCUT2D eigenvalue weighted by Gasteiger charge is -2.35. The van der Waals surface area contributed by atoms with Crippen LogP contribution in [0.15, 0.2) is 66.7 Å². The number of para-hydroxylation sites is 2. The molecule has 2 heterocycles. The van der Waals surface area contributed by atoms with Crippen LogP contribution in [0.4, 0.5) is 5.69 Å². The zero-order valence-corrected chi connectivity index (χ0v) is 15.7. The lowest BCUT2D eigenvalue weighted by molar-refractivity contribution is 0.284. The zero-order chi connectivity index (χ0) is 18.5. The molecule has 0 amide bonds. The van der Waals surface area contributed by atoms with Crippen LogP contribution >= 0.6 is 0 Å². The minimum atomic E-state index is 0.877. The number of piperazine rings is 1. The number of hydrogen-bond donors (Lipinski definition) is 0. The lowest BCUT2D eigenvalue weighted by Crippen LogP contribution is -2.46. The van der Waals surface area contributed by atoms with E-state index in [1.165, 1.54) is 5.69 Å². The summed E-state index contributed by atoms with van der Waals surface area (Å²) in [5, 5.41) is 8.57. The highest BCUT2D eigenvalue weighted by Crippen LogP contribution is 2.16. The molecule has 5 heteroatoms. The summed E-state index contributed by atoms with van der Waals surface area (Å²) in [5.41, 5.74) is 2.41. The van der Waals surface area contributed by atoms with E-state index in [9.17, 15) is 0 Å². The highest BCUT2D eigenvalue weighted by atomic mass is 15.3. The standard InChI is InChI=1S/C22H25N5/c1-19-23-24-22(27(19)21-11-6-3-7-12-21)13-8-14-25-15-17-26(18-16-25)20-9-4-2-5-10-20/h2-13H,14-18H2,1H3. The molecule has 0 bridgehead atoms. The van der Waals surface area contributed by atoms with Crippen LogP contribution in [0.5, 0.6) is 0 Å². The molecule has 4 rings (SSSR count). The number of nitrogens with zero attached hydrogens (tertiary/aromatic N) is 5. The van der Waals surface area contributed by atoms with Gasteiger partial charge in [0.2, 0.25) is 0 Å². The molecule has 1 aromatic heterocycles. The minimum absolute atomic E-state index is 0.877. The molecule has 1 saturated heterocycles. The van der Waals surface area contributed by atoms with Gasteiger partial charge in [0.25, 0.3) is 0 Å². The third-order valence-electron chi connectivity index (χ3n) is 4.99. The van der Waals surface area contributed by atoms with Gasteiger partial charge in [0, 0.05) is 44.1 Å². The van der Waals surface area contributed by atoms with Gasteiger partial charge in [-0.2, -0.15) is 0 Å². The number of anilines is 1. The molecule has 1 fully saturated rings. The smallest absolute Gasteiger partial charge is 0.160 e. The van der Waals surface area contributed by atoms with Gasteiger partial charge in [-0.3, -0.25) is 9.47 Å². The molecule has 5 nitrogen and oxygen atoms in total. The number of aryl methyl sites for hydroxylation is 1. The van der Waals surface area contributed by atoms with Crippen LogP contribution < -0.4 is 4.90 Å². The first-order valence-electron chi connectivity index (χ1n) is 9.47. The molecule has 1 aliphatic rings. The van der Waals surface area contributed by atoms with Crippen molar-refractivity contribution in [3.63, 3.8) is 0 Å². The van der Waals surface area contributed by atoms with Gasteiger partial charge < -0.3 is 4.90 Å². The van der Waals surface area contributed by atoms with Crippen molar-refractivity contribution in [3.05, 3.63) is 78.4 Å². The Balaban J connectivity index is 1.36. The second kappa shape index (κ2) is 8.18. The van der Waals surface area contributed by atoms with Crippen molar-refractivity contribution in [2.75, 3.05) is 37.6 Å². The molecule has 0 radical (unpaired) electrons. The average molecular weight is 359 g/mol. The Morgan fingerprint density at radius 2 is 1.44 bits per heavy atom. The summed E-state index contributed by atoms with van der Waals surface area (Å²) in [6, 6.07) is 20.9. The highest BCUT2D eigenvalue weighted by Gasteiger charge is 2.16. The van der Waals surface area contributed by atoms with Gasteiger partial charge in [0.05, 0.1) is 0 Å². The first-order chi connectivity index (χ1) is 13.3. The number of aromatic nitrogens is 3. The maximum Gasteiger partial charge on any atom is 0.160 e. The van der Waals surface area contributed by atoms with E-state index in [0.717, 1.165) is 50.1 Å². The quantitative estimate of drug-likeness (QED) is 0.700. The Morgan fingerprint density at radius 3 is 2.11 bits per heavy atom. The Kier molecular flexibility index (Phi) is 5.30. The molecule has 0 atom stereocenters. The average Bonchev–Trinajstić information content (AvgIpc) is 3.10. The monoisotopic (exact) mass is 359 g/mol. The predicted molar refractivity (Wildman–Crippen MR) is 110 cm³/mol. The topological polar surface area (TPSA) is 37.2 Å². The maximum absolute atomic E-state index is 4.33. The van der Waals surface area contributed by atoms with Crippen molar-refractivity contribution in [3.8, 4) is 5.69 Å². The van der Waals surface area contributed by atoms with Crippen LogP contribution in [0.1, 0.15) is 11.6 Å². The number of rotatable bonds is 5. The van der Waals surface area contributed by atoms with E-state index in [4.69, 9.17) is 0 Å². The second-order valence-electron chi connectivity index (χ2n) is 6.80. The van der Waals surface area contributed by atoms with E-state index in [2.05, 4.69) is 79.2 Å². The van der Waals surface area contributed by atoms with Gasteiger partial charge >= 0.3 is 0 Å². The van der Waals surface area contributed by atoms with E-state index < -0.39 is 0 Å². The molecule has 2 aromatic carbocycles. The first kappa shape index (κ1) is 17.5. The minimum Gasteiger partial charge on any atom is -0.369 e. The van der Waals surface area contributed by atoms with Crippen molar-refractivity contribution < 1.29 is 0 Å². The summed E-state index contributed by atoms with van der Waals surface area (Å²) in [7, 11) is 0. The third-order valence-corrected chi connectivity index (χ3v) is 4.99. The second-order valence-corrected chi connectivity index (χ2v) is 6.80. The molecule has 0 aliphatic carbocycles. The van der Waals surface area contributed by atoms with Crippen LogP contribution in [0.25, 0.3) is 11.8 Å². The lowest BCUT2D eigenvalue weighted by atomic mass is 10.2. The van der Waals surface area contributed by atoms with Gasteiger partial charge in [0.1, 0.15) is 5.82 Å². The number of hydrogen-bond acceptors (Lipinski definition) is 4. The normalized spacial score (nSPS) is 15.5. The zero-order valence-electron chi connectivity index (χ0n) is 15.7. The first-order valence-corrected chi connectivity index (χ1v) is 9.47. The summed E-state index contributed by atoms with van der Waals surface area (Å²) < 4.78 is 2.09. The molecule has 27 heavy (non-hydrogen) atoms. The van der Waals surface area contributed by atoms with Crippen molar-refractivity contribution in [1.82, 2.24) is 19.7 Å². The number of benzene rings is 2. The summed E-state index contributed by atoms with van der Waals surface area (Å²) in [4.78, 5) is 4.93. The van der Waals surface area contributed by atoms with Gasteiger partial charge in [-0.05, 0) is 37.3 Å². The molecule has 138 valence electrons. The third kappa shape index (κ3) is 4.09. The largest absolute Gasteiger partial charge is 0.369 e. The Bertz CT molecular complexity index is 878. The van der Waals surface area contributed by atoms with Crippen LogP contribution in [0.3, 0.4) is 0 Å². The van der Waals surface area contributed by atoms with Gasteiger partial charge in [0.15, 0.2) is 5.82 Å². The fraction of sp³-hybridized carbons (Fsp3) is 0.273. The maximum atomic E-state index is 4.33. The van der Waals surface area contributed by atoms with Crippen LogP contribution in [-0.2, 0) is 0 Å². The van der Waals surface area contributed by atoms with E-state index in [1.807, 2.05) is 25.1 Å². The molecule has 0 N–H and O–H groups in total. The molecule has 0 saturated carbocycles. The van der Waals surface area contributed by atoms with Gasteiger partial charge in [-0.1, -0.05) is 42.5 Å². The van der Waals surface area contributed by atoms with E-state index in [-0.39, 0.29) is 0 Å². The Morgan fingerprint density at radius 1 is 0.815 bits per heavy atom. The van der Waals surface area contributed by atoms with E-state index in [0.29, 0.717) is 0 Å². The summed E-state index contributed by atoms with van der Waals surface area (Å²) in [5.74, 6) is 1.78. The van der Waals surface area contributed by atoms with E-state index in [1.54, 1.807) is 0 Å². The highest BCUT2D eigenvalue weighted by molar-refractivity contribution is 5.47. The predicted octanol–water partition coefficient (Wildman–Crippen LogP) is 3.41. The van der Waals surface area contributed by atoms with Gasteiger partial charge in [-0.25, -0.2) is 0 Å². The van der Waals surface area contributed by atoms with Crippen molar-refractivity contribution in [2.24, 2.45) is 0 Å². The molecular formula is C22H25N5. The molecular weight excluding hydrogens is 334 g/mol. The summed E-state index contributed by atoms with van der Waals surface area (Å²) in [6.07, 6.45) is 4.28. The van der Waals surface area contributed by atoms with Crippen LogP contribution in [-0.4, -0.2) is 52.4 Å². The fourth-order valence-corrected chi connectivity index (χ4v) is 3.52. The fourth-order valence-electron chi connectivity index (χ4n) is 3.52.